The van der Waals surface area contributed by atoms with E-state index in [0.29, 0.717) is 30.6 Å². The van der Waals surface area contributed by atoms with Crippen molar-refractivity contribution in [3.63, 3.8) is 0 Å². The first-order chi connectivity index (χ1) is 17.9. The van der Waals surface area contributed by atoms with E-state index in [2.05, 4.69) is 22.5 Å². The molecule has 3 aliphatic rings. The Morgan fingerprint density at radius 3 is 1.95 bits per heavy atom. The average molecular weight is 551 g/mol. The van der Waals surface area contributed by atoms with Crippen LogP contribution in [0.5, 0.6) is 11.5 Å². The van der Waals surface area contributed by atoms with Gasteiger partial charge < -0.3 is 9.47 Å². The standard InChI is InChI=1S/C29H37F7O2/c1-2-3-18-4-6-19(7-5-18)20-8-10-21(11-9-20)22-12-14-23(15-13-22)28(32,33)37-24-16-25(30)27(26(31)17-24)38-29(34,35)36/h8,16-19,21-23H,2-7,9-15H2,1H3. The smallest absolute Gasteiger partial charge is 0.432 e. The van der Waals surface area contributed by atoms with E-state index < -0.39 is 41.5 Å². The Bertz CT molecular complexity index is 935. The SMILES string of the molecule is CCCC1CCC(C2=CCC(C3CCC(C(F)(F)Oc4cc(F)c(OC(F)(F)F)c(F)c4)CC3)CC2)CC1. The number of allylic oxidation sites excluding steroid dienone is 2. The molecule has 0 aromatic heterocycles. The van der Waals surface area contributed by atoms with Gasteiger partial charge in [-0.05, 0) is 94.3 Å². The fraction of sp³-hybridized carbons (Fsp3) is 0.724. The third-order valence-corrected chi connectivity index (χ3v) is 8.91. The maximum absolute atomic E-state index is 14.8. The first kappa shape index (κ1) is 29.1. The minimum atomic E-state index is -5.32. The fourth-order valence-corrected chi connectivity index (χ4v) is 6.88. The first-order valence-electron chi connectivity index (χ1n) is 14.0. The summed E-state index contributed by atoms with van der Waals surface area (Å²) < 4.78 is 102. The van der Waals surface area contributed by atoms with Crippen LogP contribution >= 0.6 is 0 Å². The van der Waals surface area contributed by atoms with Crippen LogP contribution in [0.3, 0.4) is 0 Å². The van der Waals surface area contributed by atoms with Crippen LogP contribution in [-0.4, -0.2) is 12.5 Å². The second-order valence-electron chi connectivity index (χ2n) is 11.4. The molecule has 2 fully saturated rings. The van der Waals surface area contributed by atoms with Crippen molar-refractivity contribution >= 4 is 0 Å². The lowest BCUT2D eigenvalue weighted by molar-refractivity contribution is -0.276. The van der Waals surface area contributed by atoms with Crippen molar-refractivity contribution in [2.45, 2.75) is 103 Å². The van der Waals surface area contributed by atoms with Gasteiger partial charge in [0, 0.05) is 12.1 Å². The largest absolute Gasteiger partial charge is 0.573 e. The van der Waals surface area contributed by atoms with Crippen molar-refractivity contribution in [3.8, 4) is 11.5 Å². The molecule has 38 heavy (non-hydrogen) atoms. The van der Waals surface area contributed by atoms with Crippen molar-refractivity contribution < 1.29 is 40.2 Å². The van der Waals surface area contributed by atoms with E-state index in [1.807, 2.05) is 0 Å². The first-order valence-corrected chi connectivity index (χ1v) is 14.0. The third kappa shape index (κ3) is 7.38. The zero-order chi connectivity index (χ0) is 27.5. The molecular formula is C29H37F7O2. The van der Waals surface area contributed by atoms with Gasteiger partial charge in [0.15, 0.2) is 11.6 Å². The number of benzene rings is 1. The lowest BCUT2D eigenvalue weighted by atomic mass is 9.68. The second kappa shape index (κ2) is 12.1. The van der Waals surface area contributed by atoms with E-state index in [4.69, 9.17) is 0 Å². The molecule has 1 aromatic rings. The van der Waals surface area contributed by atoms with E-state index in [-0.39, 0.29) is 25.0 Å². The number of ether oxygens (including phenoxy) is 2. The number of hydrogen-bond acceptors (Lipinski definition) is 2. The third-order valence-electron chi connectivity index (χ3n) is 8.91. The van der Waals surface area contributed by atoms with Crippen molar-refractivity contribution in [1.82, 2.24) is 0 Å². The van der Waals surface area contributed by atoms with Gasteiger partial charge in [0.2, 0.25) is 5.75 Å². The molecule has 0 aliphatic heterocycles. The molecule has 2 nitrogen and oxygen atoms in total. The summed E-state index contributed by atoms with van der Waals surface area (Å²) in [7, 11) is 0. The zero-order valence-electron chi connectivity index (χ0n) is 21.8. The van der Waals surface area contributed by atoms with Gasteiger partial charge in [0.1, 0.15) is 5.75 Å². The van der Waals surface area contributed by atoms with Crippen LogP contribution in [0.25, 0.3) is 0 Å². The fourth-order valence-electron chi connectivity index (χ4n) is 6.88. The quantitative estimate of drug-likeness (QED) is 0.237. The predicted molar refractivity (Wildman–Crippen MR) is 130 cm³/mol. The lowest BCUT2D eigenvalue weighted by Gasteiger charge is -2.39. The molecule has 0 amide bonds. The molecule has 2 saturated carbocycles. The highest BCUT2D eigenvalue weighted by Crippen LogP contribution is 2.47. The highest BCUT2D eigenvalue weighted by Gasteiger charge is 2.45. The van der Waals surface area contributed by atoms with E-state index in [0.717, 1.165) is 25.2 Å². The lowest BCUT2D eigenvalue weighted by Crippen LogP contribution is -2.38. The van der Waals surface area contributed by atoms with Gasteiger partial charge >= 0.3 is 12.5 Å². The molecule has 0 heterocycles. The highest BCUT2D eigenvalue weighted by molar-refractivity contribution is 5.35. The molecule has 3 aliphatic carbocycles. The summed E-state index contributed by atoms with van der Waals surface area (Å²) in [6.45, 7) is 2.25. The summed E-state index contributed by atoms with van der Waals surface area (Å²) in [5.41, 5.74) is 1.59. The van der Waals surface area contributed by atoms with E-state index in [1.165, 1.54) is 38.5 Å². The van der Waals surface area contributed by atoms with Crippen LogP contribution in [0.15, 0.2) is 23.8 Å². The maximum atomic E-state index is 14.8. The van der Waals surface area contributed by atoms with Crippen molar-refractivity contribution in [1.29, 1.82) is 0 Å². The van der Waals surface area contributed by atoms with Gasteiger partial charge in [0.25, 0.3) is 0 Å². The van der Waals surface area contributed by atoms with Crippen LogP contribution in [0.2, 0.25) is 0 Å². The minimum Gasteiger partial charge on any atom is -0.432 e. The van der Waals surface area contributed by atoms with Crippen molar-refractivity contribution in [3.05, 3.63) is 35.4 Å². The Balaban J connectivity index is 1.27. The molecule has 0 spiro atoms. The molecule has 9 heteroatoms. The topological polar surface area (TPSA) is 18.5 Å². The van der Waals surface area contributed by atoms with E-state index in [9.17, 15) is 30.7 Å². The average Bonchev–Trinajstić information content (AvgIpc) is 2.86. The number of hydrogen-bond donors (Lipinski definition) is 0. The normalized spacial score (nSPS) is 29.1. The van der Waals surface area contributed by atoms with E-state index in [1.54, 1.807) is 5.57 Å². The Morgan fingerprint density at radius 2 is 1.42 bits per heavy atom. The van der Waals surface area contributed by atoms with Gasteiger partial charge in [-0.1, -0.05) is 31.4 Å². The van der Waals surface area contributed by atoms with Gasteiger partial charge in [-0.2, -0.15) is 8.78 Å². The van der Waals surface area contributed by atoms with Crippen LogP contribution in [0, 0.1) is 41.2 Å². The number of rotatable bonds is 8. The van der Waals surface area contributed by atoms with Gasteiger partial charge in [-0.25, -0.2) is 8.78 Å². The number of halogens is 7. The summed E-state index contributed by atoms with van der Waals surface area (Å²) in [6, 6.07) is 0.567. The van der Waals surface area contributed by atoms with E-state index >= 15 is 0 Å². The molecular weight excluding hydrogens is 513 g/mol. The monoisotopic (exact) mass is 550 g/mol. The summed E-state index contributed by atoms with van der Waals surface area (Å²) in [4.78, 5) is 0. The van der Waals surface area contributed by atoms with Gasteiger partial charge in [0.05, 0.1) is 5.92 Å². The maximum Gasteiger partial charge on any atom is 0.573 e. The zero-order valence-corrected chi connectivity index (χ0v) is 21.8. The molecule has 214 valence electrons. The molecule has 0 saturated heterocycles. The van der Waals surface area contributed by atoms with Crippen LogP contribution < -0.4 is 9.47 Å². The van der Waals surface area contributed by atoms with Crippen LogP contribution in [0.4, 0.5) is 30.7 Å². The Kier molecular flexibility index (Phi) is 9.23. The molecule has 4 rings (SSSR count). The van der Waals surface area contributed by atoms with Crippen molar-refractivity contribution in [2.24, 2.45) is 29.6 Å². The Labute approximate surface area is 220 Å². The van der Waals surface area contributed by atoms with Gasteiger partial charge in [-0.15, -0.1) is 13.2 Å². The number of alkyl halides is 5. The van der Waals surface area contributed by atoms with Crippen molar-refractivity contribution in [2.75, 3.05) is 0 Å². The summed E-state index contributed by atoms with van der Waals surface area (Å²) in [6.07, 6.45) is 6.06. The second-order valence-corrected chi connectivity index (χ2v) is 11.4. The molecule has 1 atom stereocenters. The summed E-state index contributed by atoms with van der Waals surface area (Å²) >= 11 is 0. The summed E-state index contributed by atoms with van der Waals surface area (Å²) in [5, 5.41) is 0. The minimum absolute atomic E-state index is 0.215. The molecule has 0 radical (unpaired) electrons. The molecule has 0 bridgehead atoms. The van der Waals surface area contributed by atoms with Crippen LogP contribution in [-0.2, 0) is 0 Å². The Morgan fingerprint density at radius 1 is 0.789 bits per heavy atom. The highest BCUT2D eigenvalue weighted by atomic mass is 19.4. The Hall–Kier alpha value is -1.93. The molecule has 0 N–H and O–H groups in total. The summed E-state index contributed by atoms with van der Waals surface area (Å²) in [5.74, 6) is -4.83. The van der Waals surface area contributed by atoms with Crippen LogP contribution in [0.1, 0.15) is 90.4 Å². The van der Waals surface area contributed by atoms with Gasteiger partial charge in [-0.3, -0.25) is 0 Å². The molecule has 1 unspecified atom stereocenters. The predicted octanol–water partition coefficient (Wildman–Crippen LogP) is 9.97. The molecule has 1 aromatic carbocycles.